The summed E-state index contributed by atoms with van der Waals surface area (Å²) in [5, 5.41) is 0. The molecule has 0 N–H and O–H groups in total. The topological polar surface area (TPSA) is 62.7 Å². The Morgan fingerprint density at radius 1 is 0.879 bits per heavy atom. The molecule has 0 spiro atoms. The van der Waals surface area contributed by atoms with Crippen LogP contribution in [0.2, 0.25) is 0 Å². The van der Waals surface area contributed by atoms with Crippen LogP contribution in [0.15, 0.2) is 41.1 Å². The van der Waals surface area contributed by atoms with Crippen molar-refractivity contribution in [1.82, 2.24) is 9.97 Å². The largest absolute Gasteiger partial charge is 0.495 e. The molecule has 0 bridgehead atoms. The standard InChI is InChI=1S/C12H15BF3NO3.C7H5BrF3NO/c1-11(2)6-19-13(20-7-11)9-3-4-10(17-5-9)18-8-12(14,15)16;8-5-1-2-6(12-3-5)13-4-7(9,10)11/h3-5H,6-8H2,1-2H3;1-3H,4H2. The van der Waals surface area contributed by atoms with E-state index < -0.39 is 32.7 Å². The molecule has 0 radical (unpaired) electrons. The first-order valence-electron chi connectivity index (χ1n) is 9.42. The number of hydrogen-bond donors (Lipinski definition) is 0. The van der Waals surface area contributed by atoms with Gasteiger partial charge in [-0.2, -0.15) is 26.3 Å². The number of rotatable bonds is 5. The van der Waals surface area contributed by atoms with E-state index in [-0.39, 0.29) is 17.2 Å². The van der Waals surface area contributed by atoms with Gasteiger partial charge in [-0.1, -0.05) is 19.9 Å². The average Bonchev–Trinajstić information content (AvgIpc) is 2.72. The minimum atomic E-state index is -4.37. The molecule has 3 rings (SSSR count). The van der Waals surface area contributed by atoms with Crippen molar-refractivity contribution >= 4 is 28.5 Å². The summed E-state index contributed by atoms with van der Waals surface area (Å²) in [4.78, 5) is 7.42. The Hall–Kier alpha value is -2.06. The molecule has 14 heteroatoms. The lowest BCUT2D eigenvalue weighted by Gasteiger charge is -2.33. The van der Waals surface area contributed by atoms with Crippen molar-refractivity contribution in [2.24, 2.45) is 5.41 Å². The lowest BCUT2D eigenvalue weighted by molar-refractivity contribution is -0.154. The summed E-state index contributed by atoms with van der Waals surface area (Å²) in [6, 6.07) is 5.86. The number of hydrogen-bond acceptors (Lipinski definition) is 6. The van der Waals surface area contributed by atoms with Crippen molar-refractivity contribution in [2.75, 3.05) is 26.4 Å². The Morgan fingerprint density at radius 3 is 1.76 bits per heavy atom. The van der Waals surface area contributed by atoms with Gasteiger partial charge < -0.3 is 18.8 Å². The zero-order valence-electron chi connectivity index (χ0n) is 17.5. The van der Waals surface area contributed by atoms with E-state index in [9.17, 15) is 26.3 Å². The zero-order valence-corrected chi connectivity index (χ0v) is 19.1. The minimum absolute atomic E-state index is 0.0412. The van der Waals surface area contributed by atoms with Crippen molar-refractivity contribution in [2.45, 2.75) is 26.2 Å². The van der Waals surface area contributed by atoms with Gasteiger partial charge in [-0.3, -0.25) is 0 Å². The van der Waals surface area contributed by atoms with Crippen molar-refractivity contribution in [3.05, 3.63) is 41.1 Å². The third-order valence-corrected chi connectivity index (χ3v) is 4.22. The zero-order chi connectivity index (χ0) is 24.7. The fraction of sp³-hybridized carbons (Fsp3) is 0.474. The van der Waals surface area contributed by atoms with Crippen molar-refractivity contribution in [3.8, 4) is 11.8 Å². The maximum absolute atomic E-state index is 12.0. The Balaban J connectivity index is 0.000000257. The second-order valence-electron chi connectivity index (χ2n) is 7.67. The van der Waals surface area contributed by atoms with Crippen LogP contribution in [0.3, 0.4) is 0 Å². The molecule has 0 amide bonds. The summed E-state index contributed by atoms with van der Waals surface area (Å²) in [6.45, 7) is 2.46. The van der Waals surface area contributed by atoms with Gasteiger partial charge in [0, 0.05) is 47.0 Å². The molecule has 1 saturated heterocycles. The molecule has 3 heterocycles. The van der Waals surface area contributed by atoms with E-state index in [1.807, 2.05) is 13.8 Å². The predicted octanol–water partition coefficient (Wildman–Crippen LogP) is 4.58. The summed E-state index contributed by atoms with van der Waals surface area (Å²) >= 11 is 3.10. The maximum atomic E-state index is 12.0. The molecule has 0 saturated carbocycles. The summed E-state index contributed by atoms with van der Waals surface area (Å²) in [5.41, 5.74) is 0.611. The first-order valence-corrected chi connectivity index (χ1v) is 10.2. The van der Waals surface area contributed by atoms with E-state index in [0.29, 0.717) is 23.1 Å². The molecular formula is C19H20BBrF6N2O4. The van der Waals surface area contributed by atoms with Crippen molar-refractivity contribution in [3.63, 3.8) is 0 Å². The highest BCUT2D eigenvalue weighted by Crippen LogP contribution is 2.22. The third kappa shape index (κ3) is 11.1. The monoisotopic (exact) mass is 544 g/mol. The van der Waals surface area contributed by atoms with Crippen molar-refractivity contribution in [1.29, 1.82) is 0 Å². The van der Waals surface area contributed by atoms with Crippen LogP contribution in [0.1, 0.15) is 13.8 Å². The van der Waals surface area contributed by atoms with E-state index in [1.54, 1.807) is 12.1 Å². The highest BCUT2D eigenvalue weighted by atomic mass is 79.9. The third-order valence-electron chi connectivity index (χ3n) is 3.75. The molecule has 2 aromatic rings. The van der Waals surface area contributed by atoms with Crippen LogP contribution >= 0.6 is 15.9 Å². The fourth-order valence-electron chi connectivity index (χ4n) is 2.26. The first kappa shape index (κ1) is 27.2. The van der Waals surface area contributed by atoms with Gasteiger partial charge in [0.05, 0.1) is 0 Å². The summed E-state index contributed by atoms with van der Waals surface area (Å²) in [5.74, 6) is -0.122. The highest BCUT2D eigenvalue weighted by Gasteiger charge is 2.34. The Bertz CT molecular complexity index is 857. The molecule has 1 aliphatic heterocycles. The number of halogens is 7. The number of pyridine rings is 2. The molecule has 182 valence electrons. The lowest BCUT2D eigenvalue weighted by atomic mass is 9.77. The molecule has 1 fully saturated rings. The van der Waals surface area contributed by atoms with E-state index in [0.717, 1.165) is 0 Å². The van der Waals surface area contributed by atoms with Crippen LogP contribution in [0.5, 0.6) is 11.8 Å². The summed E-state index contributed by atoms with van der Waals surface area (Å²) in [7, 11) is -0.535. The van der Waals surface area contributed by atoms with Gasteiger partial charge in [0.15, 0.2) is 13.2 Å². The molecule has 6 nitrogen and oxygen atoms in total. The summed E-state index contributed by atoms with van der Waals surface area (Å²) < 4.78 is 91.6. The van der Waals surface area contributed by atoms with E-state index >= 15 is 0 Å². The number of alkyl halides is 6. The maximum Gasteiger partial charge on any atom is 0.495 e. The Kier molecular flexibility index (Phi) is 9.38. The average molecular weight is 545 g/mol. The van der Waals surface area contributed by atoms with Crippen LogP contribution in [0.4, 0.5) is 26.3 Å². The molecule has 33 heavy (non-hydrogen) atoms. The van der Waals surface area contributed by atoms with Crippen LogP contribution in [0.25, 0.3) is 0 Å². The quantitative estimate of drug-likeness (QED) is 0.406. The van der Waals surface area contributed by atoms with Crippen LogP contribution < -0.4 is 14.9 Å². The molecule has 1 aliphatic rings. The predicted molar refractivity (Wildman–Crippen MR) is 110 cm³/mol. The van der Waals surface area contributed by atoms with Crippen molar-refractivity contribution < 1.29 is 45.1 Å². The second-order valence-corrected chi connectivity index (χ2v) is 8.59. The molecule has 0 aromatic carbocycles. The second kappa shape index (κ2) is 11.4. The van der Waals surface area contributed by atoms with Gasteiger partial charge in [-0.15, -0.1) is 0 Å². The molecule has 0 atom stereocenters. The van der Waals surface area contributed by atoms with E-state index in [4.69, 9.17) is 9.31 Å². The van der Waals surface area contributed by atoms with Gasteiger partial charge in [-0.05, 0) is 28.1 Å². The number of aromatic nitrogens is 2. The van der Waals surface area contributed by atoms with Crippen LogP contribution in [-0.2, 0) is 9.31 Å². The minimum Gasteiger partial charge on any atom is -0.468 e. The SMILES string of the molecule is CC1(C)COB(c2ccc(OCC(F)(F)F)nc2)OC1.FC(F)(F)COc1ccc(Br)cn1. The normalized spacial score (nSPS) is 16.0. The summed E-state index contributed by atoms with van der Waals surface area (Å²) in [6.07, 6.45) is -5.93. The Morgan fingerprint density at radius 2 is 1.36 bits per heavy atom. The molecule has 0 aliphatic carbocycles. The van der Waals surface area contributed by atoms with Gasteiger partial charge in [0.2, 0.25) is 11.8 Å². The van der Waals surface area contributed by atoms with Gasteiger partial charge in [0.1, 0.15) is 0 Å². The van der Waals surface area contributed by atoms with Crippen LogP contribution in [-0.4, -0.2) is 55.9 Å². The number of ether oxygens (including phenoxy) is 2. The smallest absolute Gasteiger partial charge is 0.468 e. The van der Waals surface area contributed by atoms with E-state index in [1.165, 1.54) is 24.5 Å². The molecular weight excluding hydrogens is 525 g/mol. The van der Waals surface area contributed by atoms with Gasteiger partial charge in [-0.25, -0.2) is 9.97 Å². The van der Waals surface area contributed by atoms with E-state index in [2.05, 4.69) is 35.4 Å². The van der Waals surface area contributed by atoms with Crippen LogP contribution in [0, 0.1) is 5.41 Å². The lowest BCUT2D eigenvalue weighted by Crippen LogP contribution is -2.47. The van der Waals surface area contributed by atoms with Gasteiger partial charge in [0.25, 0.3) is 0 Å². The molecule has 0 unspecified atom stereocenters. The molecule has 2 aromatic heterocycles. The highest BCUT2D eigenvalue weighted by molar-refractivity contribution is 9.10. The number of nitrogens with zero attached hydrogens (tertiary/aromatic N) is 2. The first-order chi connectivity index (χ1) is 15.2. The Labute approximate surface area is 194 Å². The van der Waals surface area contributed by atoms with Gasteiger partial charge >= 0.3 is 19.5 Å². The fourth-order valence-corrected chi connectivity index (χ4v) is 2.50.